The summed E-state index contributed by atoms with van der Waals surface area (Å²) in [6, 6.07) is 0.971. The van der Waals surface area contributed by atoms with Crippen molar-refractivity contribution in [1.29, 1.82) is 0 Å². The van der Waals surface area contributed by atoms with E-state index in [-0.39, 0.29) is 5.91 Å². The molecule has 1 aliphatic rings. The number of nitrogens with zero attached hydrogens (tertiary/aromatic N) is 2. The summed E-state index contributed by atoms with van der Waals surface area (Å²) in [5, 5.41) is 0. The molecule has 1 saturated heterocycles. The van der Waals surface area contributed by atoms with Crippen LogP contribution >= 0.6 is 0 Å². The average Bonchev–Trinajstić information content (AvgIpc) is 2.12. The molecule has 1 amide bonds. The van der Waals surface area contributed by atoms with Gasteiger partial charge in [-0.1, -0.05) is 6.92 Å². The molecule has 0 aliphatic carbocycles. The van der Waals surface area contributed by atoms with E-state index in [0.717, 1.165) is 13.1 Å². The minimum Gasteiger partial charge on any atom is -0.340 e. The highest BCUT2D eigenvalue weighted by atomic mass is 16.2. The molecule has 0 aromatic heterocycles. The Morgan fingerprint density at radius 1 is 1.31 bits per heavy atom. The summed E-state index contributed by atoms with van der Waals surface area (Å²) in [6.07, 6.45) is 0.628. The molecule has 1 aliphatic heterocycles. The first kappa shape index (κ1) is 10.5. The molecule has 3 heteroatoms. The Kier molecular flexibility index (Phi) is 3.31. The van der Waals surface area contributed by atoms with E-state index < -0.39 is 0 Å². The Balaban J connectivity index is 2.58. The molecule has 1 rings (SSSR count). The first-order valence-corrected chi connectivity index (χ1v) is 5.06. The smallest absolute Gasteiger partial charge is 0.222 e. The molecular formula is C10H20N2O. The summed E-state index contributed by atoms with van der Waals surface area (Å²) in [5.74, 6) is 0.284. The van der Waals surface area contributed by atoms with Gasteiger partial charge in [-0.05, 0) is 20.9 Å². The van der Waals surface area contributed by atoms with E-state index in [2.05, 4.69) is 25.8 Å². The van der Waals surface area contributed by atoms with Crippen molar-refractivity contribution in [3.8, 4) is 0 Å². The maximum absolute atomic E-state index is 11.5. The fraction of sp³-hybridized carbons (Fsp3) is 0.900. The molecule has 0 spiro atoms. The summed E-state index contributed by atoms with van der Waals surface area (Å²) < 4.78 is 0. The van der Waals surface area contributed by atoms with Crippen molar-refractivity contribution in [2.75, 3.05) is 20.1 Å². The van der Waals surface area contributed by atoms with Crippen molar-refractivity contribution in [3.63, 3.8) is 0 Å². The van der Waals surface area contributed by atoms with Gasteiger partial charge in [-0.25, -0.2) is 0 Å². The predicted molar refractivity (Wildman–Crippen MR) is 53.6 cm³/mol. The average molecular weight is 184 g/mol. The van der Waals surface area contributed by atoms with Crippen molar-refractivity contribution in [2.24, 2.45) is 0 Å². The molecule has 0 N–H and O–H groups in total. The first-order valence-electron chi connectivity index (χ1n) is 5.06. The molecule has 2 unspecified atom stereocenters. The van der Waals surface area contributed by atoms with Crippen molar-refractivity contribution < 1.29 is 4.79 Å². The zero-order valence-electron chi connectivity index (χ0n) is 9.08. The molecule has 0 aromatic rings. The molecular weight excluding hydrogens is 164 g/mol. The molecule has 13 heavy (non-hydrogen) atoms. The van der Waals surface area contributed by atoms with Crippen LogP contribution in [0.25, 0.3) is 0 Å². The SMILES string of the molecule is CCC(=O)N1CC(C)N(C)C(C)C1. The van der Waals surface area contributed by atoms with Gasteiger partial charge in [-0.2, -0.15) is 0 Å². The number of amides is 1. The van der Waals surface area contributed by atoms with Gasteiger partial charge in [0.1, 0.15) is 0 Å². The maximum atomic E-state index is 11.5. The fourth-order valence-electron chi connectivity index (χ4n) is 1.83. The molecule has 1 heterocycles. The van der Waals surface area contributed by atoms with Crippen LogP contribution in [-0.2, 0) is 4.79 Å². The number of rotatable bonds is 1. The van der Waals surface area contributed by atoms with E-state index in [4.69, 9.17) is 0 Å². The van der Waals surface area contributed by atoms with Crippen molar-refractivity contribution >= 4 is 5.91 Å². The van der Waals surface area contributed by atoms with Crippen LogP contribution in [0.5, 0.6) is 0 Å². The second-order valence-corrected chi connectivity index (χ2v) is 4.02. The lowest BCUT2D eigenvalue weighted by molar-refractivity contribution is -0.134. The molecule has 1 fully saturated rings. The monoisotopic (exact) mass is 184 g/mol. The van der Waals surface area contributed by atoms with Crippen LogP contribution in [0.15, 0.2) is 0 Å². The van der Waals surface area contributed by atoms with Crippen LogP contribution in [0.1, 0.15) is 27.2 Å². The van der Waals surface area contributed by atoms with Crippen LogP contribution in [0.3, 0.4) is 0 Å². The van der Waals surface area contributed by atoms with E-state index in [9.17, 15) is 4.79 Å². The summed E-state index contributed by atoms with van der Waals surface area (Å²) in [4.78, 5) is 15.8. The van der Waals surface area contributed by atoms with E-state index in [1.807, 2.05) is 11.8 Å². The molecule has 0 saturated carbocycles. The number of hydrogen-bond donors (Lipinski definition) is 0. The zero-order valence-corrected chi connectivity index (χ0v) is 9.08. The minimum absolute atomic E-state index is 0.284. The van der Waals surface area contributed by atoms with Crippen LogP contribution < -0.4 is 0 Å². The summed E-state index contributed by atoms with van der Waals surface area (Å²) in [7, 11) is 2.13. The molecule has 0 aromatic carbocycles. The normalized spacial score (nSPS) is 30.6. The number of likely N-dealkylation sites (N-methyl/N-ethyl adjacent to an activating group) is 1. The Morgan fingerprint density at radius 2 is 1.77 bits per heavy atom. The van der Waals surface area contributed by atoms with Crippen molar-refractivity contribution in [3.05, 3.63) is 0 Å². The zero-order chi connectivity index (χ0) is 10.0. The first-order chi connectivity index (χ1) is 6.06. The highest BCUT2D eigenvalue weighted by Gasteiger charge is 2.28. The lowest BCUT2D eigenvalue weighted by Gasteiger charge is -2.42. The van der Waals surface area contributed by atoms with Gasteiger partial charge in [0, 0.05) is 31.6 Å². The third-order valence-electron chi connectivity index (χ3n) is 3.01. The van der Waals surface area contributed by atoms with E-state index >= 15 is 0 Å². The number of piperazine rings is 1. The largest absolute Gasteiger partial charge is 0.340 e. The summed E-state index contributed by atoms with van der Waals surface area (Å²) in [5.41, 5.74) is 0. The third kappa shape index (κ3) is 2.21. The fourth-order valence-corrected chi connectivity index (χ4v) is 1.83. The number of carbonyl (C=O) groups is 1. The second-order valence-electron chi connectivity index (χ2n) is 4.02. The van der Waals surface area contributed by atoms with E-state index in [0.29, 0.717) is 18.5 Å². The minimum atomic E-state index is 0.284. The lowest BCUT2D eigenvalue weighted by atomic mass is 10.1. The van der Waals surface area contributed by atoms with Gasteiger partial charge in [0.05, 0.1) is 0 Å². The van der Waals surface area contributed by atoms with Crippen molar-refractivity contribution in [2.45, 2.75) is 39.3 Å². The molecule has 3 nitrogen and oxygen atoms in total. The van der Waals surface area contributed by atoms with Gasteiger partial charge in [0.25, 0.3) is 0 Å². The van der Waals surface area contributed by atoms with Gasteiger partial charge in [0.15, 0.2) is 0 Å². The Labute approximate surface area is 80.7 Å². The third-order valence-corrected chi connectivity index (χ3v) is 3.01. The highest BCUT2D eigenvalue weighted by molar-refractivity contribution is 5.76. The van der Waals surface area contributed by atoms with Gasteiger partial charge >= 0.3 is 0 Å². The van der Waals surface area contributed by atoms with E-state index in [1.54, 1.807) is 0 Å². The Morgan fingerprint density at radius 3 is 2.15 bits per heavy atom. The number of hydrogen-bond acceptors (Lipinski definition) is 2. The number of carbonyl (C=O) groups excluding carboxylic acids is 1. The van der Waals surface area contributed by atoms with Crippen LogP contribution in [-0.4, -0.2) is 47.9 Å². The van der Waals surface area contributed by atoms with E-state index in [1.165, 1.54) is 0 Å². The molecule has 76 valence electrons. The summed E-state index contributed by atoms with van der Waals surface area (Å²) in [6.45, 7) is 8.04. The van der Waals surface area contributed by atoms with Crippen molar-refractivity contribution in [1.82, 2.24) is 9.80 Å². The summed E-state index contributed by atoms with van der Waals surface area (Å²) >= 11 is 0. The molecule has 2 atom stereocenters. The Hall–Kier alpha value is -0.570. The lowest BCUT2D eigenvalue weighted by Crippen LogP contribution is -2.56. The van der Waals surface area contributed by atoms with Gasteiger partial charge in [-0.15, -0.1) is 0 Å². The maximum Gasteiger partial charge on any atom is 0.222 e. The van der Waals surface area contributed by atoms with Gasteiger partial charge < -0.3 is 4.90 Å². The standard InChI is InChI=1S/C10H20N2O/c1-5-10(13)12-6-8(2)11(4)9(3)7-12/h8-9H,5-7H2,1-4H3. The quantitative estimate of drug-likeness (QED) is 0.605. The van der Waals surface area contributed by atoms with Crippen LogP contribution in [0, 0.1) is 0 Å². The highest BCUT2D eigenvalue weighted by Crippen LogP contribution is 2.13. The molecule has 0 bridgehead atoms. The topological polar surface area (TPSA) is 23.6 Å². The predicted octanol–water partition coefficient (Wildman–Crippen LogP) is 0.947. The second kappa shape index (κ2) is 4.09. The van der Waals surface area contributed by atoms with Gasteiger partial charge in [0.2, 0.25) is 5.91 Å². The van der Waals surface area contributed by atoms with Gasteiger partial charge in [-0.3, -0.25) is 9.69 Å². The van der Waals surface area contributed by atoms with Crippen LogP contribution in [0.2, 0.25) is 0 Å². The Bertz CT molecular complexity index is 181. The van der Waals surface area contributed by atoms with Crippen LogP contribution in [0.4, 0.5) is 0 Å². The molecule has 0 radical (unpaired) electrons.